The molecule has 0 aromatic heterocycles. The molecule has 0 bridgehead atoms. The summed E-state index contributed by atoms with van der Waals surface area (Å²) < 4.78 is 64.5. The molecule has 0 fully saturated rings. The van der Waals surface area contributed by atoms with E-state index in [1.54, 1.807) is 13.0 Å². The molecule has 0 amide bonds. The van der Waals surface area contributed by atoms with Gasteiger partial charge in [-0.15, -0.1) is 0 Å². The molecule has 0 spiro atoms. The molecule has 2 aromatic rings. The molecule has 0 radical (unpaired) electrons. The Bertz CT molecular complexity index is 1020. The van der Waals surface area contributed by atoms with Crippen LogP contribution >= 0.6 is 0 Å². The van der Waals surface area contributed by atoms with Crippen molar-refractivity contribution in [1.82, 2.24) is 4.90 Å². The van der Waals surface area contributed by atoms with Gasteiger partial charge in [0.2, 0.25) is 0 Å². The lowest BCUT2D eigenvalue weighted by Crippen LogP contribution is -2.47. The van der Waals surface area contributed by atoms with E-state index in [2.05, 4.69) is 0 Å². The number of fused-ring (bicyclic) bond motifs is 2. The minimum atomic E-state index is -1.56. The second-order valence-corrected chi connectivity index (χ2v) is 9.06. The zero-order chi connectivity index (χ0) is 22.5. The predicted octanol–water partition coefficient (Wildman–Crippen LogP) is 6.40. The Balaban J connectivity index is 1.88. The topological polar surface area (TPSA) is 12.5 Å². The molecule has 4 rings (SSSR count). The first-order chi connectivity index (χ1) is 14.6. The maximum atomic E-state index is 15.3. The van der Waals surface area contributed by atoms with Gasteiger partial charge in [-0.3, -0.25) is 4.90 Å². The van der Waals surface area contributed by atoms with Crippen LogP contribution in [0.2, 0.25) is 0 Å². The van der Waals surface area contributed by atoms with Crippen molar-refractivity contribution in [3.05, 3.63) is 70.0 Å². The van der Waals surface area contributed by atoms with E-state index in [0.29, 0.717) is 12.8 Å². The van der Waals surface area contributed by atoms with Gasteiger partial charge in [-0.05, 0) is 74.9 Å². The van der Waals surface area contributed by atoms with Crippen molar-refractivity contribution in [3.63, 3.8) is 0 Å². The molecule has 2 atom stereocenters. The number of hydrogen-bond acceptors (Lipinski definition) is 2. The molecule has 1 heterocycles. The molecule has 0 saturated heterocycles. The number of hydrogen-bond donors (Lipinski definition) is 0. The lowest BCUT2D eigenvalue weighted by molar-refractivity contribution is 0.0676. The number of alkyl halides is 1. The lowest BCUT2D eigenvalue weighted by Gasteiger charge is -2.44. The Kier molecular flexibility index (Phi) is 5.63. The average Bonchev–Trinajstić information content (AvgIpc) is 2.99. The molecule has 0 N–H and O–H groups in total. The number of halogens is 4. The average molecular weight is 433 g/mol. The van der Waals surface area contributed by atoms with Crippen LogP contribution in [-0.2, 0) is 6.42 Å². The molecule has 1 aliphatic heterocycles. The van der Waals surface area contributed by atoms with Crippen molar-refractivity contribution in [1.29, 1.82) is 0 Å². The molecule has 1 aliphatic carbocycles. The monoisotopic (exact) mass is 433 g/mol. The van der Waals surface area contributed by atoms with Crippen molar-refractivity contribution >= 4 is 5.57 Å². The fraction of sp³-hybridized carbons (Fsp3) is 0.440. The van der Waals surface area contributed by atoms with Crippen LogP contribution in [0.3, 0.4) is 0 Å². The molecule has 6 heteroatoms. The zero-order valence-corrected chi connectivity index (χ0v) is 18.2. The smallest absolute Gasteiger partial charge is 0.134 e. The highest BCUT2D eigenvalue weighted by Crippen LogP contribution is 2.50. The van der Waals surface area contributed by atoms with Crippen LogP contribution in [0.4, 0.5) is 17.6 Å². The first kappa shape index (κ1) is 21.9. The molecular formula is C25H27F4NO. The van der Waals surface area contributed by atoms with Gasteiger partial charge in [0, 0.05) is 30.3 Å². The maximum absolute atomic E-state index is 15.3. The molecule has 2 unspecified atom stereocenters. The third-order valence-electron chi connectivity index (χ3n) is 6.08. The van der Waals surface area contributed by atoms with Gasteiger partial charge in [-0.25, -0.2) is 17.6 Å². The standard InChI is InChI=1S/C25H27F4NO/c1-5-31-17-11-21(27)23(22(28)12-17)24-20-10-15-9-16(26)6-7-18(15)19(20)8-14(2)30(24)13-25(3,4)29/h6-7,9,11-12,14,24H,5,8,10,13H2,1-4H3. The van der Waals surface area contributed by atoms with Crippen LogP contribution in [0.25, 0.3) is 5.57 Å². The van der Waals surface area contributed by atoms with Crippen molar-refractivity contribution in [3.8, 4) is 5.75 Å². The molecule has 0 saturated carbocycles. The van der Waals surface area contributed by atoms with E-state index < -0.39 is 23.3 Å². The van der Waals surface area contributed by atoms with E-state index in [9.17, 15) is 8.78 Å². The quantitative estimate of drug-likeness (QED) is 0.506. The predicted molar refractivity (Wildman–Crippen MR) is 113 cm³/mol. The van der Waals surface area contributed by atoms with E-state index >= 15 is 8.78 Å². The normalized spacial score (nSPS) is 21.3. The Morgan fingerprint density at radius 3 is 2.39 bits per heavy atom. The van der Waals surface area contributed by atoms with E-state index in [4.69, 9.17) is 4.74 Å². The Morgan fingerprint density at radius 1 is 1.10 bits per heavy atom. The minimum Gasteiger partial charge on any atom is -0.494 e. The maximum Gasteiger partial charge on any atom is 0.134 e. The van der Waals surface area contributed by atoms with Gasteiger partial charge in [-0.1, -0.05) is 6.07 Å². The number of benzene rings is 2. The van der Waals surface area contributed by atoms with Crippen LogP contribution in [0.5, 0.6) is 5.75 Å². The van der Waals surface area contributed by atoms with Crippen molar-refractivity contribution in [2.45, 2.75) is 58.3 Å². The first-order valence-electron chi connectivity index (χ1n) is 10.7. The fourth-order valence-electron chi connectivity index (χ4n) is 4.95. The van der Waals surface area contributed by atoms with E-state index in [1.165, 1.54) is 38.1 Å². The zero-order valence-electron chi connectivity index (χ0n) is 18.2. The summed E-state index contributed by atoms with van der Waals surface area (Å²) in [6, 6.07) is 6.05. The summed E-state index contributed by atoms with van der Waals surface area (Å²) in [5, 5.41) is 0. The highest BCUT2D eigenvalue weighted by atomic mass is 19.1. The van der Waals surface area contributed by atoms with Gasteiger partial charge in [0.25, 0.3) is 0 Å². The highest BCUT2D eigenvalue weighted by molar-refractivity contribution is 5.79. The van der Waals surface area contributed by atoms with E-state index in [0.717, 1.165) is 22.3 Å². The van der Waals surface area contributed by atoms with Gasteiger partial charge >= 0.3 is 0 Å². The summed E-state index contributed by atoms with van der Waals surface area (Å²) in [5.41, 5.74) is 1.84. The van der Waals surface area contributed by atoms with Crippen LogP contribution in [0, 0.1) is 17.5 Å². The molecule has 2 aromatic carbocycles. The van der Waals surface area contributed by atoms with Crippen LogP contribution < -0.4 is 4.74 Å². The molecule has 166 valence electrons. The van der Waals surface area contributed by atoms with Crippen LogP contribution in [0.1, 0.15) is 56.8 Å². The highest BCUT2D eigenvalue weighted by Gasteiger charge is 2.43. The van der Waals surface area contributed by atoms with Crippen molar-refractivity contribution < 1.29 is 22.3 Å². The molecular weight excluding hydrogens is 406 g/mol. The largest absolute Gasteiger partial charge is 0.494 e. The lowest BCUT2D eigenvalue weighted by atomic mass is 9.84. The fourth-order valence-corrected chi connectivity index (χ4v) is 4.95. The number of nitrogens with zero attached hydrogens (tertiary/aromatic N) is 1. The van der Waals surface area contributed by atoms with E-state index in [-0.39, 0.29) is 36.3 Å². The Hall–Kier alpha value is -2.34. The van der Waals surface area contributed by atoms with Gasteiger partial charge < -0.3 is 4.74 Å². The molecule has 31 heavy (non-hydrogen) atoms. The number of rotatable bonds is 5. The molecule has 2 nitrogen and oxygen atoms in total. The summed E-state index contributed by atoms with van der Waals surface area (Å²) >= 11 is 0. The van der Waals surface area contributed by atoms with Crippen LogP contribution in [0.15, 0.2) is 35.9 Å². The summed E-state index contributed by atoms with van der Waals surface area (Å²) in [6.07, 6.45) is 0.996. The van der Waals surface area contributed by atoms with Gasteiger partial charge in [0.05, 0.1) is 12.6 Å². The Morgan fingerprint density at radius 2 is 1.77 bits per heavy atom. The first-order valence-corrected chi connectivity index (χ1v) is 10.7. The second kappa shape index (κ2) is 7.97. The summed E-state index contributed by atoms with van der Waals surface area (Å²) in [6.45, 7) is 6.91. The van der Waals surface area contributed by atoms with E-state index in [1.807, 2.05) is 11.8 Å². The second-order valence-electron chi connectivity index (χ2n) is 9.06. The van der Waals surface area contributed by atoms with Gasteiger partial charge in [-0.2, -0.15) is 0 Å². The Labute approximate surface area is 180 Å². The minimum absolute atomic E-state index is 0.0202. The van der Waals surface area contributed by atoms with Crippen molar-refractivity contribution in [2.24, 2.45) is 0 Å². The SMILES string of the molecule is CCOc1cc(F)c(C2C3=C(CC(C)N2CC(C)(C)F)c2ccc(F)cc2C3)c(F)c1. The number of ether oxygens (including phenoxy) is 1. The third kappa shape index (κ3) is 4.10. The van der Waals surface area contributed by atoms with Crippen LogP contribution in [-0.4, -0.2) is 29.8 Å². The molecule has 2 aliphatic rings. The summed E-state index contributed by atoms with van der Waals surface area (Å²) in [7, 11) is 0. The van der Waals surface area contributed by atoms with Gasteiger partial charge in [0.15, 0.2) is 0 Å². The van der Waals surface area contributed by atoms with Gasteiger partial charge in [0.1, 0.15) is 28.9 Å². The summed E-state index contributed by atoms with van der Waals surface area (Å²) in [5.74, 6) is -1.67. The summed E-state index contributed by atoms with van der Waals surface area (Å²) in [4.78, 5) is 1.84. The third-order valence-corrected chi connectivity index (χ3v) is 6.08. The van der Waals surface area contributed by atoms with Crippen molar-refractivity contribution in [2.75, 3.05) is 13.2 Å².